The van der Waals surface area contributed by atoms with Gasteiger partial charge in [-0.15, -0.1) is 10.2 Å². The third-order valence-corrected chi connectivity index (χ3v) is 7.08. The smallest absolute Gasteiger partial charge is 0.191 e. The standard InChI is InChI=1S/C18H29N3OS/c1-3-23-17-20-19-16(21(17)5-4-6-22-2)18-10-13-7-14(11-18)9-15(8-13)12-18/h13-15H,3-12H2,1-2H3. The van der Waals surface area contributed by atoms with Gasteiger partial charge in [0.1, 0.15) is 5.82 Å². The van der Waals surface area contributed by atoms with Crippen LogP contribution in [0.25, 0.3) is 0 Å². The van der Waals surface area contributed by atoms with E-state index in [0.29, 0.717) is 5.41 Å². The number of aromatic nitrogens is 3. The first-order chi connectivity index (χ1) is 11.2. The van der Waals surface area contributed by atoms with Crippen molar-refractivity contribution in [3.8, 4) is 0 Å². The number of methoxy groups -OCH3 is 1. The van der Waals surface area contributed by atoms with Gasteiger partial charge in [-0.2, -0.15) is 0 Å². The van der Waals surface area contributed by atoms with Gasteiger partial charge in [0, 0.05) is 25.7 Å². The van der Waals surface area contributed by atoms with Crippen molar-refractivity contribution in [3.63, 3.8) is 0 Å². The highest BCUT2D eigenvalue weighted by Crippen LogP contribution is 2.60. The zero-order valence-electron chi connectivity index (χ0n) is 14.5. The Morgan fingerprint density at radius 2 is 1.78 bits per heavy atom. The maximum absolute atomic E-state index is 5.27. The summed E-state index contributed by atoms with van der Waals surface area (Å²) in [6, 6.07) is 0. The van der Waals surface area contributed by atoms with Gasteiger partial charge in [0.15, 0.2) is 5.16 Å². The van der Waals surface area contributed by atoms with Crippen LogP contribution in [0, 0.1) is 17.8 Å². The van der Waals surface area contributed by atoms with E-state index < -0.39 is 0 Å². The zero-order chi connectivity index (χ0) is 15.9. The van der Waals surface area contributed by atoms with Gasteiger partial charge in [-0.1, -0.05) is 18.7 Å². The van der Waals surface area contributed by atoms with Crippen molar-refractivity contribution < 1.29 is 4.74 Å². The Labute approximate surface area is 143 Å². The largest absolute Gasteiger partial charge is 0.385 e. The Balaban J connectivity index is 1.65. The molecule has 23 heavy (non-hydrogen) atoms. The number of rotatable bonds is 7. The van der Waals surface area contributed by atoms with Crippen LogP contribution in [-0.2, 0) is 16.7 Å². The lowest BCUT2D eigenvalue weighted by Crippen LogP contribution is -2.49. The molecular weight excluding hydrogens is 306 g/mol. The first kappa shape index (κ1) is 15.9. The lowest BCUT2D eigenvalue weighted by Gasteiger charge is -2.56. The average molecular weight is 336 g/mol. The monoisotopic (exact) mass is 335 g/mol. The SMILES string of the molecule is CCSc1nnc(C23CC4CC(CC(C4)C2)C3)n1CCCOC. The maximum atomic E-state index is 5.27. The van der Waals surface area contributed by atoms with E-state index in [2.05, 4.69) is 16.6 Å². The lowest BCUT2D eigenvalue weighted by molar-refractivity contribution is -0.0115. The van der Waals surface area contributed by atoms with Crippen molar-refractivity contribution in [2.24, 2.45) is 17.8 Å². The second-order valence-electron chi connectivity index (χ2n) is 7.94. The normalized spacial score (nSPS) is 35.1. The molecule has 0 atom stereocenters. The van der Waals surface area contributed by atoms with Crippen molar-refractivity contribution >= 4 is 11.8 Å². The minimum absolute atomic E-state index is 0.335. The third kappa shape index (κ3) is 2.84. The van der Waals surface area contributed by atoms with E-state index >= 15 is 0 Å². The Morgan fingerprint density at radius 1 is 1.13 bits per heavy atom. The molecule has 1 heterocycles. The second-order valence-corrected chi connectivity index (χ2v) is 9.17. The van der Waals surface area contributed by atoms with Gasteiger partial charge in [0.2, 0.25) is 0 Å². The number of thioether (sulfide) groups is 1. The van der Waals surface area contributed by atoms with Crippen molar-refractivity contribution in [1.82, 2.24) is 14.8 Å². The molecule has 5 rings (SSSR count). The highest BCUT2D eigenvalue weighted by molar-refractivity contribution is 7.99. The van der Waals surface area contributed by atoms with Crippen molar-refractivity contribution in [3.05, 3.63) is 5.82 Å². The van der Waals surface area contributed by atoms with Gasteiger partial charge in [0.25, 0.3) is 0 Å². The summed E-state index contributed by atoms with van der Waals surface area (Å²) in [5, 5.41) is 10.5. The molecule has 0 radical (unpaired) electrons. The highest BCUT2D eigenvalue weighted by atomic mass is 32.2. The Kier molecular flexibility index (Phi) is 4.43. The molecule has 0 unspecified atom stereocenters. The van der Waals surface area contributed by atoms with Gasteiger partial charge in [-0.3, -0.25) is 0 Å². The van der Waals surface area contributed by atoms with Gasteiger partial charge in [0.05, 0.1) is 0 Å². The first-order valence-electron chi connectivity index (χ1n) is 9.29. The predicted molar refractivity (Wildman–Crippen MR) is 92.8 cm³/mol. The van der Waals surface area contributed by atoms with Gasteiger partial charge >= 0.3 is 0 Å². The van der Waals surface area contributed by atoms with E-state index in [9.17, 15) is 0 Å². The zero-order valence-corrected chi connectivity index (χ0v) is 15.3. The molecule has 0 saturated heterocycles. The van der Waals surface area contributed by atoms with Crippen LogP contribution in [-0.4, -0.2) is 34.2 Å². The third-order valence-electron chi connectivity index (χ3n) is 6.23. The fourth-order valence-corrected chi connectivity index (χ4v) is 6.56. The molecule has 4 aliphatic rings. The second kappa shape index (κ2) is 6.40. The van der Waals surface area contributed by atoms with Crippen molar-refractivity contribution in [2.45, 2.75) is 69.0 Å². The molecule has 128 valence electrons. The Bertz CT molecular complexity index is 521. The summed E-state index contributed by atoms with van der Waals surface area (Å²) in [6.45, 7) is 4.01. The van der Waals surface area contributed by atoms with Gasteiger partial charge < -0.3 is 9.30 Å². The molecule has 1 aromatic heterocycles. The Hall–Kier alpha value is -0.550. The van der Waals surface area contributed by atoms with E-state index in [1.807, 2.05) is 11.8 Å². The summed E-state index contributed by atoms with van der Waals surface area (Å²) in [6.07, 6.45) is 9.56. The fraction of sp³-hybridized carbons (Fsp3) is 0.889. The maximum Gasteiger partial charge on any atom is 0.191 e. The minimum atomic E-state index is 0.335. The molecule has 0 spiro atoms. The summed E-state index contributed by atoms with van der Waals surface area (Å²) in [4.78, 5) is 0. The summed E-state index contributed by atoms with van der Waals surface area (Å²) >= 11 is 1.83. The van der Waals surface area contributed by atoms with E-state index in [0.717, 1.165) is 48.2 Å². The van der Waals surface area contributed by atoms with Crippen LogP contribution >= 0.6 is 11.8 Å². The number of hydrogen-bond donors (Lipinski definition) is 0. The summed E-state index contributed by atoms with van der Waals surface area (Å²) in [5.74, 6) is 5.22. The van der Waals surface area contributed by atoms with E-state index in [4.69, 9.17) is 9.84 Å². The molecule has 0 aliphatic heterocycles. The van der Waals surface area contributed by atoms with Crippen LogP contribution in [0.1, 0.15) is 57.7 Å². The number of nitrogens with zero attached hydrogens (tertiary/aromatic N) is 3. The predicted octanol–water partition coefficient (Wildman–Crippen LogP) is 3.89. The molecule has 0 N–H and O–H groups in total. The average Bonchev–Trinajstić information content (AvgIpc) is 2.90. The molecule has 0 aromatic carbocycles. The molecule has 4 saturated carbocycles. The molecule has 0 amide bonds. The summed E-state index contributed by atoms with van der Waals surface area (Å²) in [7, 11) is 1.79. The topological polar surface area (TPSA) is 39.9 Å². The summed E-state index contributed by atoms with van der Waals surface area (Å²) in [5.41, 5.74) is 0.335. The first-order valence-corrected chi connectivity index (χ1v) is 10.3. The van der Waals surface area contributed by atoms with E-state index in [-0.39, 0.29) is 0 Å². The van der Waals surface area contributed by atoms with Gasteiger partial charge in [-0.25, -0.2) is 0 Å². The fourth-order valence-electron chi connectivity index (χ4n) is 5.87. The minimum Gasteiger partial charge on any atom is -0.385 e. The number of hydrogen-bond acceptors (Lipinski definition) is 4. The van der Waals surface area contributed by atoms with Crippen molar-refractivity contribution in [2.75, 3.05) is 19.5 Å². The van der Waals surface area contributed by atoms with E-state index in [1.54, 1.807) is 7.11 Å². The van der Waals surface area contributed by atoms with Crippen LogP contribution in [0.4, 0.5) is 0 Å². The Morgan fingerprint density at radius 3 is 2.35 bits per heavy atom. The highest BCUT2D eigenvalue weighted by Gasteiger charge is 2.53. The van der Waals surface area contributed by atoms with Gasteiger partial charge in [-0.05, 0) is 68.5 Å². The molecule has 4 bridgehead atoms. The summed E-state index contributed by atoms with van der Waals surface area (Å²) < 4.78 is 7.71. The van der Waals surface area contributed by atoms with Crippen LogP contribution < -0.4 is 0 Å². The molecule has 1 aromatic rings. The van der Waals surface area contributed by atoms with E-state index in [1.165, 1.54) is 44.3 Å². The molecule has 4 fully saturated rings. The molecular formula is C18H29N3OS. The molecule has 4 nitrogen and oxygen atoms in total. The molecule has 4 aliphatic carbocycles. The number of ether oxygens (including phenoxy) is 1. The van der Waals surface area contributed by atoms with Crippen LogP contribution in [0.3, 0.4) is 0 Å². The lowest BCUT2D eigenvalue weighted by atomic mass is 9.49. The quantitative estimate of drug-likeness (QED) is 0.560. The van der Waals surface area contributed by atoms with Crippen molar-refractivity contribution in [1.29, 1.82) is 0 Å². The van der Waals surface area contributed by atoms with Crippen LogP contribution in [0.15, 0.2) is 5.16 Å². The molecule has 5 heteroatoms. The van der Waals surface area contributed by atoms with Crippen LogP contribution in [0.2, 0.25) is 0 Å². The van der Waals surface area contributed by atoms with Crippen LogP contribution in [0.5, 0.6) is 0 Å².